The first-order valence-electron chi connectivity index (χ1n) is 6.60. The Kier molecular flexibility index (Phi) is 3.53. The summed E-state index contributed by atoms with van der Waals surface area (Å²) in [5, 5.41) is 0. The van der Waals surface area contributed by atoms with Gasteiger partial charge >= 0.3 is 0 Å². The monoisotopic (exact) mass is 272 g/mol. The van der Waals surface area contributed by atoms with E-state index in [1.165, 1.54) is 11.6 Å². The fourth-order valence-corrected chi connectivity index (χ4v) is 2.62. The van der Waals surface area contributed by atoms with Crippen molar-refractivity contribution < 1.29 is 9.13 Å². The summed E-state index contributed by atoms with van der Waals surface area (Å²) >= 11 is 0. The summed E-state index contributed by atoms with van der Waals surface area (Å²) in [4.78, 5) is 0. The number of fused-ring (bicyclic) bond motifs is 1. The first kappa shape index (κ1) is 13.2. The van der Waals surface area contributed by atoms with Gasteiger partial charge in [-0.3, -0.25) is 5.84 Å². The molecule has 3 nitrogen and oxygen atoms in total. The molecule has 0 bridgehead atoms. The average molecular weight is 272 g/mol. The number of rotatable bonds is 3. The zero-order valence-electron chi connectivity index (χ0n) is 11.3. The first-order valence-corrected chi connectivity index (χ1v) is 6.60. The van der Waals surface area contributed by atoms with Crippen molar-refractivity contribution in [2.45, 2.75) is 26.2 Å². The number of hydrogen-bond donors (Lipinski definition) is 2. The highest BCUT2D eigenvalue weighted by atomic mass is 19.1. The van der Waals surface area contributed by atoms with Crippen molar-refractivity contribution in [3.63, 3.8) is 0 Å². The van der Waals surface area contributed by atoms with Crippen LogP contribution in [-0.4, -0.2) is 0 Å². The number of hydrazine groups is 1. The van der Waals surface area contributed by atoms with Gasteiger partial charge in [0.1, 0.15) is 5.82 Å². The Labute approximate surface area is 117 Å². The molecule has 0 aromatic heterocycles. The molecule has 0 spiro atoms. The van der Waals surface area contributed by atoms with E-state index in [2.05, 4.69) is 5.43 Å². The third-order valence-electron chi connectivity index (χ3n) is 3.71. The second-order valence-electron chi connectivity index (χ2n) is 5.15. The van der Waals surface area contributed by atoms with Crippen LogP contribution < -0.4 is 11.3 Å². The van der Waals surface area contributed by atoms with Gasteiger partial charge in [0.15, 0.2) is 0 Å². The lowest BCUT2D eigenvalue weighted by atomic mass is 9.95. The smallest absolute Gasteiger partial charge is 0.128 e. The molecule has 0 fully saturated rings. The van der Waals surface area contributed by atoms with Crippen LogP contribution >= 0.6 is 0 Å². The Morgan fingerprint density at radius 2 is 1.95 bits per heavy atom. The maximum absolute atomic E-state index is 14.0. The van der Waals surface area contributed by atoms with E-state index in [1.807, 2.05) is 31.2 Å². The average Bonchev–Trinajstić information content (AvgIpc) is 2.91. The van der Waals surface area contributed by atoms with Crippen molar-refractivity contribution >= 4 is 0 Å². The van der Waals surface area contributed by atoms with Gasteiger partial charge in [-0.25, -0.2) is 9.82 Å². The van der Waals surface area contributed by atoms with Crippen molar-refractivity contribution in [1.29, 1.82) is 0 Å². The third-order valence-corrected chi connectivity index (χ3v) is 3.71. The SMILES string of the molecule is Cc1ccc(F)c(C(NN)c2ccc3c(c2)COC3)c1. The Balaban J connectivity index is 2.03. The molecule has 2 aromatic rings. The molecule has 3 rings (SSSR count). The fraction of sp³-hybridized carbons (Fsp3) is 0.250. The van der Waals surface area contributed by atoms with Gasteiger partial charge in [-0.05, 0) is 29.7 Å². The van der Waals surface area contributed by atoms with E-state index in [-0.39, 0.29) is 11.9 Å². The summed E-state index contributed by atoms with van der Waals surface area (Å²) < 4.78 is 19.5. The van der Waals surface area contributed by atoms with Gasteiger partial charge in [-0.1, -0.05) is 35.9 Å². The van der Waals surface area contributed by atoms with E-state index in [1.54, 1.807) is 6.07 Å². The Hall–Kier alpha value is -1.75. The third kappa shape index (κ3) is 2.33. The minimum Gasteiger partial charge on any atom is -0.372 e. The molecule has 20 heavy (non-hydrogen) atoms. The van der Waals surface area contributed by atoms with Gasteiger partial charge < -0.3 is 4.74 Å². The number of hydrogen-bond acceptors (Lipinski definition) is 3. The normalized spacial score (nSPS) is 15.2. The molecular weight excluding hydrogens is 255 g/mol. The predicted octanol–water partition coefficient (Wildman–Crippen LogP) is 2.72. The molecule has 0 saturated carbocycles. The van der Waals surface area contributed by atoms with Crippen LogP contribution in [0.5, 0.6) is 0 Å². The Bertz CT molecular complexity index is 642. The highest BCUT2D eigenvalue weighted by Crippen LogP contribution is 2.28. The van der Waals surface area contributed by atoms with E-state index in [4.69, 9.17) is 10.6 Å². The highest BCUT2D eigenvalue weighted by molar-refractivity contribution is 5.40. The van der Waals surface area contributed by atoms with Crippen molar-refractivity contribution in [3.8, 4) is 0 Å². The minimum absolute atomic E-state index is 0.254. The van der Waals surface area contributed by atoms with Gasteiger partial charge in [0.05, 0.1) is 19.3 Å². The number of aryl methyl sites for hydroxylation is 1. The zero-order chi connectivity index (χ0) is 14.1. The van der Waals surface area contributed by atoms with Crippen LogP contribution in [-0.2, 0) is 18.0 Å². The van der Waals surface area contributed by atoms with Crippen LogP contribution in [0.25, 0.3) is 0 Å². The predicted molar refractivity (Wildman–Crippen MR) is 75.2 cm³/mol. The maximum Gasteiger partial charge on any atom is 0.128 e. The molecule has 1 unspecified atom stereocenters. The summed E-state index contributed by atoms with van der Waals surface area (Å²) in [5.74, 6) is 5.40. The topological polar surface area (TPSA) is 47.3 Å². The van der Waals surface area contributed by atoms with E-state index in [0.717, 1.165) is 16.7 Å². The molecule has 4 heteroatoms. The van der Waals surface area contributed by atoms with Crippen molar-refractivity contribution in [1.82, 2.24) is 5.43 Å². The van der Waals surface area contributed by atoms with Gasteiger partial charge in [0.25, 0.3) is 0 Å². The molecule has 2 aromatic carbocycles. The lowest BCUT2D eigenvalue weighted by molar-refractivity contribution is 0.134. The molecule has 3 N–H and O–H groups in total. The van der Waals surface area contributed by atoms with Gasteiger partial charge in [-0.15, -0.1) is 0 Å². The Morgan fingerprint density at radius 1 is 1.15 bits per heavy atom. The summed E-state index contributed by atoms with van der Waals surface area (Å²) in [6.45, 7) is 3.19. The summed E-state index contributed by atoms with van der Waals surface area (Å²) in [6.07, 6.45) is 0. The molecule has 1 heterocycles. The van der Waals surface area contributed by atoms with Crippen LogP contribution in [0.15, 0.2) is 36.4 Å². The number of nitrogens with two attached hydrogens (primary N) is 1. The number of ether oxygens (including phenoxy) is 1. The lowest BCUT2D eigenvalue weighted by Gasteiger charge is -2.19. The van der Waals surface area contributed by atoms with Crippen LogP contribution in [0.2, 0.25) is 0 Å². The summed E-state index contributed by atoms with van der Waals surface area (Å²) in [6, 6.07) is 10.7. The van der Waals surface area contributed by atoms with Crippen molar-refractivity contribution in [3.05, 3.63) is 70.0 Å². The summed E-state index contributed by atoms with van der Waals surface area (Å²) in [5.41, 5.74) is 7.56. The second-order valence-corrected chi connectivity index (χ2v) is 5.15. The fourth-order valence-electron chi connectivity index (χ4n) is 2.62. The summed E-state index contributed by atoms with van der Waals surface area (Å²) in [7, 11) is 0. The van der Waals surface area contributed by atoms with Crippen molar-refractivity contribution in [2.75, 3.05) is 0 Å². The van der Waals surface area contributed by atoms with Gasteiger partial charge in [-0.2, -0.15) is 0 Å². The molecule has 0 radical (unpaired) electrons. The molecule has 0 amide bonds. The van der Waals surface area contributed by atoms with Gasteiger partial charge in [0, 0.05) is 5.56 Å². The molecule has 104 valence electrons. The van der Waals surface area contributed by atoms with E-state index in [9.17, 15) is 4.39 Å². The van der Waals surface area contributed by atoms with E-state index < -0.39 is 0 Å². The Morgan fingerprint density at radius 3 is 2.75 bits per heavy atom. The molecule has 1 atom stereocenters. The van der Waals surface area contributed by atoms with E-state index >= 15 is 0 Å². The lowest BCUT2D eigenvalue weighted by Crippen LogP contribution is -2.29. The molecule has 1 aliphatic rings. The number of benzene rings is 2. The number of halogens is 1. The molecular formula is C16H17FN2O. The number of nitrogens with one attached hydrogen (secondary N) is 1. The van der Waals surface area contributed by atoms with Crippen LogP contribution in [0.1, 0.15) is 33.9 Å². The molecule has 0 aliphatic carbocycles. The van der Waals surface area contributed by atoms with Crippen LogP contribution in [0.4, 0.5) is 4.39 Å². The van der Waals surface area contributed by atoms with Crippen LogP contribution in [0.3, 0.4) is 0 Å². The van der Waals surface area contributed by atoms with Crippen molar-refractivity contribution in [2.24, 2.45) is 5.84 Å². The largest absolute Gasteiger partial charge is 0.372 e. The second kappa shape index (κ2) is 5.32. The maximum atomic E-state index is 14.0. The van der Waals surface area contributed by atoms with Crippen LogP contribution in [0, 0.1) is 12.7 Å². The highest BCUT2D eigenvalue weighted by Gasteiger charge is 2.19. The van der Waals surface area contributed by atoms with Gasteiger partial charge in [0.2, 0.25) is 0 Å². The molecule has 1 aliphatic heterocycles. The zero-order valence-corrected chi connectivity index (χ0v) is 11.3. The van der Waals surface area contributed by atoms with E-state index in [0.29, 0.717) is 18.8 Å². The minimum atomic E-state index is -0.360. The molecule has 0 saturated heterocycles. The quantitative estimate of drug-likeness (QED) is 0.667. The first-order chi connectivity index (χ1) is 9.69. The standard InChI is InChI=1S/C16H17FN2O/c1-10-2-5-15(17)14(6-10)16(19-18)11-3-4-12-8-20-9-13(12)7-11/h2-7,16,19H,8-9,18H2,1H3.